The molecule has 0 atom stereocenters. The van der Waals surface area contributed by atoms with Crippen molar-refractivity contribution in [2.75, 3.05) is 25.6 Å². The van der Waals surface area contributed by atoms with Gasteiger partial charge in [-0.1, -0.05) is 41.9 Å². The number of rotatable bonds is 8. The predicted octanol–water partition coefficient (Wildman–Crippen LogP) is 4.84. The summed E-state index contributed by atoms with van der Waals surface area (Å²) in [6, 6.07) is 20.7. The molecule has 0 aromatic heterocycles. The Balaban J connectivity index is 1.66. The van der Waals surface area contributed by atoms with E-state index in [4.69, 9.17) is 25.8 Å². The molecule has 0 saturated heterocycles. The van der Waals surface area contributed by atoms with E-state index in [1.165, 1.54) is 25.3 Å². The van der Waals surface area contributed by atoms with Crippen LogP contribution in [0.25, 0.3) is 0 Å². The van der Waals surface area contributed by atoms with Crippen molar-refractivity contribution in [2.45, 2.75) is 0 Å². The van der Waals surface area contributed by atoms with Crippen molar-refractivity contribution in [3.8, 4) is 11.5 Å². The van der Waals surface area contributed by atoms with Gasteiger partial charge in [0.05, 0.1) is 28.9 Å². The molecule has 0 aliphatic carbocycles. The summed E-state index contributed by atoms with van der Waals surface area (Å²) in [4.78, 5) is 24.5. The normalized spacial score (nSPS) is 10.2. The number of hydrogen-bond acceptors (Lipinski definition) is 5. The van der Waals surface area contributed by atoms with Crippen molar-refractivity contribution >= 4 is 29.2 Å². The minimum Gasteiger partial charge on any atom is -0.490 e. The lowest BCUT2D eigenvalue weighted by Gasteiger charge is -2.13. The van der Waals surface area contributed by atoms with Gasteiger partial charge in [-0.05, 0) is 42.5 Å². The molecule has 0 bridgehead atoms. The second-order valence-corrected chi connectivity index (χ2v) is 6.55. The summed E-state index contributed by atoms with van der Waals surface area (Å²) >= 11 is 6.16. The molecule has 3 aromatic carbocycles. The average Bonchev–Trinajstić information content (AvgIpc) is 2.78. The zero-order valence-electron chi connectivity index (χ0n) is 16.3. The van der Waals surface area contributed by atoms with E-state index in [-0.39, 0.29) is 12.2 Å². The van der Waals surface area contributed by atoms with Crippen LogP contribution in [-0.2, 0) is 4.74 Å². The van der Waals surface area contributed by atoms with Crippen molar-refractivity contribution in [3.63, 3.8) is 0 Å². The average molecular weight is 426 g/mol. The topological polar surface area (TPSA) is 73.9 Å². The molecule has 0 fully saturated rings. The van der Waals surface area contributed by atoms with Gasteiger partial charge < -0.3 is 19.5 Å². The number of hydrogen-bond donors (Lipinski definition) is 1. The van der Waals surface area contributed by atoms with E-state index in [0.29, 0.717) is 28.6 Å². The smallest absolute Gasteiger partial charge is 0.337 e. The van der Waals surface area contributed by atoms with E-state index in [0.717, 1.165) is 5.75 Å². The maximum Gasteiger partial charge on any atom is 0.337 e. The first-order valence-electron chi connectivity index (χ1n) is 9.17. The van der Waals surface area contributed by atoms with Crippen LogP contribution >= 0.6 is 11.6 Å². The van der Waals surface area contributed by atoms with Crippen LogP contribution in [0.5, 0.6) is 11.5 Å². The van der Waals surface area contributed by atoms with Crippen LogP contribution < -0.4 is 14.8 Å². The molecular formula is C23H20ClNO5. The van der Waals surface area contributed by atoms with Crippen molar-refractivity contribution < 1.29 is 23.8 Å². The van der Waals surface area contributed by atoms with Gasteiger partial charge in [-0.3, -0.25) is 4.79 Å². The first-order valence-corrected chi connectivity index (χ1v) is 9.55. The summed E-state index contributed by atoms with van der Waals surface area (Å²) in [5.41, 5.74) is 0.906. The molecular weight excluding hydrogens is 406 g/mol. The van der Waals surface area contributed by atoms with Crippen LogP contribution in [0.3, 0.4) is 0 Å². The van der Waals surface area contributed by atoms with E-state index < -0.39 is 11.9 Å². The molecule has 0 spiro atoms. The van der Waals surface area contributed by atoms with Gasteiger partial charge in [0.15, 0.2) is 0 Å². The summed E-state index contributed by atoms with van der Waals surface area (Å²) in [5.74, 6) is 0.210. The fraction of sp³-hybridized carbons (Fsp3) is 0.130. The van der Waals surface area contributed by atoms with Crippen molar-refractivity contribution in [1.82, 2.24) is 0 Å². The molecule has 3 aromatic rings. The summed E-state index contributed by atoms with van der Waals surface area (Å²) in [7, 11) is 1.28. The van der Waals surface area contributed by atoms with Crippen molar-refractivity contribution in [1.29, 1.82) is 0 Å². The maximum atomic E-state index is 12.8. The number of benzene rings is 3. The third-order valence-electron chi connectivity index (χ3n) is 4.12. The number of nitrogens with one attached hydrogen (secondary N) is 1. The lowest BCUT2D eigenvalue weighted by Crippen LogP contribution is -2.16. The number of halogens is 1. The van der Waals surface area contributed by atoms with Crippen LogP contribution in [0.4, 0.5) is 5.69 Å². The Morgan fingerprint density at radius 1 is 0.900 bits per heavy atom. The Hall–Kier alpha value is -3.51. The molecule has 0 aliphatic heterocycles. The lowest BCUT2D eigenvalue weighted by molar-refractivity contribution is 0.0600. The molecule has 0 heterocycles. The first-order chi connectivity index (χ1) is 14.6. The molecule has 0 unspecified atom stereocenters. The van der Waals surface area contributed by atoms with Crippen LogP contribution in [-0.4, -0.2) is 32.2 Å². The number of amides is 1. The Bertz CT molecular complexity index is 1020. The summed E-state index contributed by atoms with van der Waals surface area (Å²) in [5, 5.41) is 3.01. The minimum absolute atomic E-state index is 0.262. The molecule has 154 valence electrons. The molecule has 0 radical (unpaired) electrons. The summed E-state index contributed by atoms with van der Waals surface area (Å²) in [6.45, 7) is 0.588. The number of esters is 1. The lowest BCUT2D eigenvalue weighted by atomic mass is 10.1. The van der Waals surface area contributed by atoms with Gasteiger partial charge in [-0.2, -0.15) is 0 Å². The highest BCUT2D eigenvalue weighted by Gasteiger charge is 2.15. The van der Waals surface area contributed by atoms with Crippen molar-refractivity contribution in [3.05, 3.63) is 88.9 Å². The van der Waals surface area contributed by atoms with Gasteiger partial charge in [0, 0.05) is 0 Å². The predicted molar refractivity (Wildman–Crippen MR) is 115 cm³/mol. The second kappa shape index (κ2) is 10.3. The monoisotopic (exact) mass is 425 g/mol. The van der Waals surface area contributed by atoms with Crippen LogP contribution in [0.15, 0.2) is 72.8 Å². The molecule has 7 heteroatoms. The summed E-state index contributed by atoms with van der Waals surface area (Å²) in [6.07, 6.45) is 0. The summed E-state index contributed by atoms with van der Waals surface area (Å²) < 4.78 is 16.0. The number of carbonyl (C=O) groups is 2. The quantitative estimate of drug-likeness (QED) is 0.413. The number of ether oxygens (including phenoxy) is 3. The highest BCUT2D eigenvalue weighted by Crippen LogP contribution is 2.26. The Kier molecular flexibility index (Phi) is 7.29. The van der Waals surface area contributed by atoms with Gasteiger partial charge in [0.2, 0.25) is 0 Å². The zero-order valence-corrected chi connectivity index (χ0v) is 17.0. The fourth-order valence-electron chi connectivity index (χ4n) is 2.66. The molecule has 3 rings (SSSR count). The fourth-order valence-corrected chi connectivity index (χ4v) is 2.83. The Morgan fingerprint density at radius 3 is 2.37 bits per heavy atom. The number of para-hydroxylation sites is 2. The van der Waals surface area contributed by atoms with Gasteiger partial charge in [-0.15, -0.1) is 0 Å². The SMILES string of the molecule is COC(=O)c1ccc(Cl)c(NC(=O)c2ccccc2OCCOc2ccccc2)c1. The van der Waals surface area contributed by atoms with E-state index in [1.807, 2.05) is 30.3 Å². The van der Waals surface area contributed by atoms with E-state index in [9.17, 15) is 9.59 Å². The molecule has 1 amide bonds. The molecule has 1 N–H and O–H groups in total. The molecule has 30 heavy (non-hydrogen) atoms. The van der Waals surface area contributed by atoms with E-state index in [2.05, 4.69) is 5.32 Å². The molecule has 0 saturated carbocycles. The highest BCUT2D eigenvalue weighted by atomic mass is 35.5. The zero-order chi connectivity index (χ0) is 21.3. The largest absolute Gasteiger partial charge is 0.490 e. The van der Waals surface area contributed by atoms with Crippen LogP contribution in [0.2, 0.25) is 5.02 Å². The Labute approximate surface area is 179 Å². The van der Waals surface area contributed by atoms with Gasteiger partial charge in [-0.25, -0.2) is 4.79 Å². The first kappa shape index (κ1) is 21.2. The van der Waals surface area contributed by atoms with Crippen LogP contribution in [0.1, 0.15) is 20.7 Å². The molecule has 0 aliphatic rings. The van der Waals surface area contributed by atoms with E-state index in [1.54, 1.807) is 24.3 Å². The van der Waals surface area contributed by atoms with Gasteiger partial charge >= 0.3 is 5.97 Å². The maximum absolute atomic E-state index is 12.8. The van der Waals surface area contributed by atoms with Gasteiger partial charge in [0.25, 0.3) is 5.91 Å². The van der Waals surface area contributed by atoms with Crippen molar-refractivity contribution in [2.24, 2.45) is 0 Å². The minimum atomic E-state index is -0.524. The van der Waals surface area contributed by atoms with Gasteiger partial charge in [0.1, 0.15) is 24.7 Å². The standard InChI is InChI=1S/C23H20ClNO5/c1-28-23(27)16-11-12-19(24)20(15-16)25-22(26)18-9-5-6-10-21(18)30-14-13-29-17-7-3-2-4-8-17/h2-12,15H,13-14H2,1H3,(H,25,26). The molecule has 6 nitrogen and oxygen atoms in total. The number of carbonyl (C=O) groups excluding carboxylic acids is 2. The number of methoxy groups -OCH3 is 1. The Morgan fingerprint density at radius 2 is 1.60 bits per heavy atom. The number of anilines is 1. The van der Waals surface area contributed by atoms with Crippen LogP contribution in [0, 0.1) is 0 Å². The third kappa shape index (κ3) is 5.52. The highest BCUT2D eigenvalue weighted by molar-refractivity contribution is 6.34. The second-order valence-electron chi connectivity index (χ2n) is 6.15. The third-order valence-corrected chi connectivity index (χ3v) is 4.45. The van der Waals surface area contributed by atoms with E-state index >= 15 is 0 Å².